The molecule has 6 nitrogen and oxygen atoms in total. The highest BCUT2D eigenvalue weighted by molar-refractivity contribution is 7.89. The molecule has 2 fully saturated rings. The Morgan fingerprint density at radius 1 is 1.11 bits per heavy atom. The number of hydrogen-bond acceptors (Lipinski definition) is 4. The zero-order valence-corrected chi connectivity index (χ0v) is 16.6. The molecule has 2 heterocycles. The van der Waals surface area contributed by atoms with Crippen LogP contribution in [0.25, 0.3) is 0 Å². The molecule has 1 amide bonds. The topological polar surface area (TPSA) is 75.7 Å². The van der Waals surface area contributed by atoms with Crippen molar-refractivity contribution in [3.05, 3.63) is 23.8 Å². The predicted octanol–water partition coefficient (Wildman–Crippen LogP) is 2.78. The minimum atomic E-state index is -3.49. The lowest BCUT2D eigenvalue weighted by Crippen LogP contribution is -2.43. The van der Waals surface area contributed by atoms with E-state index in [1.165, 1.54) is 0 Å². The molecular weight excluding hydrogens is 364 g/mol. The highest BCUT2D eigenvalue weighted by Gasteiger charge is 2.38. The number of carbonyl (C=O) groups excluding carboxylic acids is 1. The van der Waals surface area contributed by atoms with Gasteiger partial charge in [0.25, 0.3) is 5.91 Å². The molecule has 148 valence electrons. The van der Waals surface area contributed by atoms with Gasteiger partial charge in [0.15, 0.2) is 6.10 Å². The minimum absolute atomic E-state index is 0.0916. The molecule has 3 aliphatic rings. The Morgan fingerprint density at radius 2 is 1.81 bits per heavy atom. The van der Waals surface area contributed by atoms with Crippen LogP contribution in [-0.2, 0) is 14.8 Å². The molecule has 1 aromatic rings. The van der Waals surface area contributed by atoms with E-state index in [-0.39, 0.29) is 17.9 Å². The van der Waals surface area contributed by atoms with Gasteiger partial charge in [-0.25, -0.2) is 8.42 Å². The summed E-state index contributed by atoms with van der Waals surface area (Å²) in [6.07, 6.45) is 6.68. The molecule has 1 saturated heterocycles. The first-order valence-corrected chi connectivity index (χ1v) is 11.5. The Balaban J connectivity index is 1.52. The van der Waals surface area contributed by atoms with Crippen molar-refractivity contribution in [3.63, 3.8) is 0 Å². The molecular formula is C20H28N2O4S. The number of benzene rings is 1. The second-order valence-corrected chi connectivity index (χ2v) is 9.92. The third-order valence-electron chi connectivity index (χ3n) is 6.09. The van der Waals surface area contributed by atoms with Crippen molar-refractivity contribution < 1.29 is 17.9 Å². The molecule has 0 radical (unpaired) electrons. The van der Waals surface area contributed by atoms with Gasteiger partial charge in [-0.1, -0.05) is 26.2 Å². The number of carbonyl (C=O) groups is 1. The molecule has 1 aromatic carbocycles. The second kappa shape index (κ2) is 7.43. The monoisotopic (exact) mass is 392 g/mol. The van der Waals surface area contributed by atoms with Crippen LogP contribution in [0.2, 0.25) is 0 Å². The van der Waals surface area contributed by atoms with E-state index < -0.39 is 16.1 Å². The maximum atomic E-state index is 12.9. The Bertz CT molecular complexity index is 811. The highest BCUT2D eigenvalue weighted by atomic mass is 32.2. The lowest BCUT2D eigenvalue weighted by molar-refractivity contribution is -0.128. The summed E-state index contributed by atoms with van der Waals surface area (Å²) < 4.78 is 33.3. The lowest BCUT2D eigenvalue weighted by atomic mass is 9.97. The van der Waals surface area contributed by atoms with Crippen molar-refractivity contribution in [2.45, 2.75) is 74.8 Å². The van der Waals surface area contributed by atoms with Crippen molar-refractivity contribution in [2.24, 2.45) is 0 Å². The summed E-state index contributed by atoms with van der Waals surface area (Å²) in [5, 5.41) is 3.09. The van der Waals surface area contributed by atoms with E-state index in [1.54, 1.807) is 22.5 Å². The van der Waals surface area contributed by atoms with E-state index in [4.69, 9.17) is 4.74 Å². The van der Waals surface area contributed by atoms with Crippen LogP contribution in [0, 0.1) is 0 Å². The maximum absolute atomic E-state index is 12.9. The van der Waals surface area contributed by atoms with Crippen LogP contribution in [0.3, 0.4) is 0 Å². The predicted molar refractivity (Wildman–Crippen MR) is 102 cm³/mol. The number of fused-ring (bicyclic) bond motifs is 1. The molecule has 0 aromatic heterocycles. The molecule has 2 unspecified atom stereocenters. The fourth-order valence-electron chi connectivity index (χ4n) is 4.44. The van der Waals surface area contributed by atoms with Gasteiger partial charge in [-0.2, -0.15) is 4.31 Å². The highest BCUT2D eigenvalue weighted by Crippen LogP contribution is 2.40. The molecule has 4 rings (SSSR count). The van der Waals surface area contributed by atoms with Gasteiger partial charge in [-0.05, 0) is 43.9 Å². The number of sulfonamides is 1. The second-order valence-electron chi connectivity index (χ2n) is 7.98. The maximum Gasteiger partial charge on any atom is 0.261 e. The molecule has 2 atom stereocenters. The Hall–Kier alpha value is -1.60. The number of ether oxygens (including phenoxy) is 1. The smallest absolute Gasteiger partial charge is 0.261 e. The number of rotatable bonds is 4. The molecule has 27 heavy (non-hydrogen) atoms. The van der Waals surface area contributed by atoms with Gasteiger partial charge in [-0.15, -0.1) is 0 Å². The molecule has 1 aliphatic carbocycles. The third kappa shape index (κ3) is 3.59. The third-order valence-corrected chi connectivity index (χ3v) is 7.99. The quantitative estimate of drug-likeness (QED) is 0.855. The number of amides is 1. The van der Waals surface area contributed by atoms with Gasteiger partial charge in [0, 0.05) is 30.6 Å². The first-order valence-electron chi connectivity index (χ1n) is 10.1. The van der Waals surface area contributed by atoms with Gasteiger partial charge >= 0.3 is 0 Å². The van der Waals surface area contributed by atoms with Crippen LogP contribution in [0.4, 0.5) is 0 Å². The molecule has 1 N–H and O–H groups in total. The summed E-state index contributed by atoms with van der Waals surface area (Å²) in [7, 11) is -3.49. The normalized spacial score (nSPS) is 26.6. The molecule has 7 heteroatoms. The zero-order chi connectivity index (χ0) is 19.0. The van der Waals surface area contributed by atoms with Crippen LogP contribution in [0.5, 0.6) is 5.75 Å². The van der Waals surface area contributed by atoms with Gasteiger partial charge in [0.2, 0.25) is 10.0 Å². The molecule has 0 spiro atoms. The first-order chi connectivity index (χ1) is 13.0. The number of piperidine rings is 1. The summed E-state index contributed by atoms with van der Waals surface area (Å²) in [6.45, 7) is 3.10. The molecule has 1 saturated carbocycles. The van der Waals surface area contributed by atoms with Crippen LogP contribution in [-0.4, -0.2) is 43.9 Å². The number of hydrogen-bond donors (Lipinski definition) is 1. The summed E-state index contributed by atoms with van der Waals surface area (Å²) in [5.74, 6) is 0.357. The minimum Gasteiger partial charge on any atom is -0.480 e. The Labute approximate surface area is 161 Å². The van der Waals surface area contributed by atoms with Crippen LogP contribution >= 0.6 is 0 Å². The lowest BCUT2D eigenvalue weighted by Gasteiger charge is -2.26. The van der Waals surface area contributed by atoms with E-state index in [0.29, 0.717) is 23.7 Å². The fourth-order valence-corrected chi connectivity index (χ4v) is 5.99. The van der Waals surface area contributed by atoms with E-state index >= 15 is 0 Å². The Morgan fingerprint density at radius 3 is 2.52 bits per heavy atom. The van der Waals surface area contributed by atoms with Crippen LogP contribution in [0.1, 0.15) is 63.4 Å². The number of nitrogens with one attached hydrogen (secondary N) is 1. The largest absolute Gasteiger partial charge is 0.480 e. The molecule has 0 bridgehead atoms. The van der Waals surface area contributed by atoms with Crippen molar-refractivity contribution >= 4 is 15.9 Å². The first kappa shape index (κ1) is 18.7. The van der Waals surface area contributed by atoms with Crippen molar-refractivity contribution in [1.29, 1.82) is 0 Å². The van der Waals surface area contributed by atoms with Gasteiger partial charge in [-0.3, -0.25) is 4.79 Å². The summed E-state index contributed by atoms with van der Waals surface area (Å²) in [4.78, 5) is 12.9. The van der Waals surface area contributed by atoms with Gasteiger partial charge in [0.05, 0.1) is 4.90 Å². The van der Waals surface area contributed by atoms with Gasteiger partial charge < -0.3 is 10.1 Å². The SMILES string of the molecule is CC1c2cc(S(=O)(=O)N3CCCCC3)ccc2OC1C(=O)NC1CCCC1. The van der Waals surface area contributed by atoms with Crippen molar-refractivity contribution in [3.8, 4) is 5.75 Å². The zero-order valence-electron chi connectivity index (χ0n) is 15.8. The van der Waals surface area contributed by atoms with E-state index in [0.717, 1.165) is 50.5 Å². The average molecular weight is 393 g/mol. The molecule has 2 aliphatic heterocycles. The van der Waals surface area contributed by atoms with E-state index in [2.05, 4.69) is 5.32 Å². The van der Waals surface area contributed by atoms with Gasteiger partial charge in [0.1, 0.15) is 5.75 Å². The average Bonchev–Trinajstić information content (AvgIpc) is 3.30. The summed E-state index contributed by atoms with van der Waals surface area (Å²) in [6, 6.07) is 5.25. The Kier molecular flexibility index (Phi) is 5.16. The van der Waals surface area contributed by atoms with E-state index in [9.17, 15) is 13.2 Å². The standard InChI is InChI=1S/C20H28N2O4S/c1-14-17-13-16(27(24,25)22-11-5-2-6-12-22)9-10-18(17)26-19(14)20(23)21-15-7-3-4-8-15/h9-10,13-15,19H,2-8,11-12H2,1H3,(H,21,23). The van der Waals surface area contributed by atoms with Crippen LogP contribution < -0.4 is 10.1 Å². The van der Waals surface area contributed by atoms with Crippen molar-refractivity contribution in [1.82, 2.24) is 9.62 Å². The van der Waals surface area contributed by atoms with E-state index in [1.807, 2.05) is 6.92 Å². The van der Waals surface area contributed by atoms with Crippen molar-refractivity contribution in [2.75, 3.05) is 13.1 Å². The fraction of sp³-hybridized carbons (Fsp3) is 0.650. The summed E-state index contributed by atoms with van der Waals surface area (Å²) >= 11 is 0. The summed E-state index contributed by atoms with van der Waals surface area (Å²) in [5.41, 5.74) is 0.805. The number of nitrogens with zero attached hydrogens (tertiary/aromatic N) is 1. The van der Waals surface area contributed by atoms with Crippen LogP contribution in [0.15, 0.2) is 23.1 Å².